The maximum Gasteiger partial charge on any atom is 0.140 e. The van der Waals surface area contributed by atoms with Gasteiger partial charge in [-0.2, -0.15) is 0 Å². The van der Waals surface area contributed by atoms with Gasteiger partial charge in [0.15, 0.2) is 0 Å². The molecule has 0 N–H and O–H groups in total. The first-order chi connectivity index (χ1) is 6.66. The lowest BCUT2D eigenvalue weighted by molar-refractivity contribution is 0.303. The second-order valence-corrected chi connectivity index (χ2v) is 4.23. The van der Waals surface area contributed by atoms with E-state index in [-0.39, 0.29) is 0 Å². The van der Waals surface area contributed by atoms with Crippen molar-refractivity contribution >= 4 is 17.3 Å². The highest BCUT2D eigenvalue weighted by Gasteiger charge is 2.24. The molecule has 1 saturated carbocycles. The predicted octanol–water partition coefficient (Wildman–Crippen LogP) is 2.95. The van der Waals surface area contributed by atoms with Crippen molar-refractivity contribution in [3.05, 3.63) is 23.2 Å². The van der Waals surface area contributed by atoms with Gasteiger partial charge in [-0.25, -0.2) is 0 Å². The molecule has 0 unspecified atom stereocenters. The van der Waals surface area contributed by atoms with Crippen LogP contribution < -0.4 is 9.64 Å². The van der Waals surface area contributed by atoms with Crippen LogP contribution in [0.15, 0.2) is 18.2 Å². The molecule has 2 nitrogen and oxygen atoms in total. The van der Waals surface area contributed by atoms with E-state index in [0.29, 0.717) is 11.1 Å². The molecular formula is C11H14ClNO. The van der Waals surface area contributed by atoms with Gasteiger partial charge in [0.2, 0.25) is 0 Å². The lowest BCUT2D eigenvalue weighted by Gasteiger charge is -2.15. The number of benzene rings is 1. The first-order valence-electron chi connectivity index (χ1n) is 4.80. The molecule has 1 fully saturated rings. The number of hydrogen-bond acceptors (Lipinski definition) is 2. The van der Waals surface area contributed by atoms with Gasteiger partial charge in [0.25, 0.3) is 0 Å². The minimum absolute atomic E-state index is 0.393. The zero-order chi connectivity index (χ0) is 10.1. The van der Waals surface area contributed by atoms with Crippen molar-refractivity contribution < 1.29 is 4.74 Å². The normalized spacial score (nSPS) is 15.4. The standard InChI is InChI=1S/C11H14ClNO/c1-13(2)8-3-6-10(12)11(7-8)14-9-4-5-9/h3,6-7,9H,4-5H2,1-2H3. The molecule has 0 heterocycles. The Morgan fingerprint density at radius 2 is 2.07 bits per heavy atom. The van der Waals surface area contributed by atoms with E-state index in [1.165, 1.54) is 0 Å². The van der Waals surface area contributed by atoms with E-state index in [4.69, 9.17) is 16.3 Å². The van der Waals surface area contributed by atoms with Crippen molar-refractivity contribution in [2.45, 2.75) is 18.9 Å². The molecular weight excluding hydrogens is 198 g/mol. The SMILES string of the molecule is CN(C)c1ccc(Cl)c(OC2CC2)c1. The third kappa shape index (κ3) is 2.13. The Morgan fingerprint density at radius 1 is 1.36 bits per heavy atom. The number of nitrogens with zero attached hydrogens (tertiary/aromatic N) is 1. The molecule has 1 aliphatic carbocycles. The quantitative estimate of drug-likeness (QED) is 0.762. The van der Waals surface area contributed by atoms with Gasteiger partial charge >= 0.3 is 0 Å². The lowest BCUT2D eigenvalue weighted by Crippen LogP contribution is -2.08. The fourth-order valence-electron chi connectivity index (χ4n) is 1.23. The van der Waals surface area contributed by atoms with Crippen molar-refractivity contribution in [1.82, 2.24) is 0 Å². The van der Waals surface area contributed by atoms with Gasteiger partial charge < -0.3 is 9.64 Å². The van der Waals surface area contributed by atoms with Gasteiger partial charge in [-0.1, -0.05) is 11.6 Å². The van der Waals surface area contributed by atoms with Gasteiger partial charge in [0.1, 0.15) is 5.75 Å². The molecule has 1 aromatic carbocycles. The summed E-state index contributed by atoms with van der Waals surface area (Å²) in [5.41, 5.74) is 1.12. The molecule has 1 aromatic rings. The second kappa shape index (κ2) is 3.70. The maximum atomic E-state index is 6.03. The van der Waals surface area contributed by atoms with E-state index in [0.717, 1.165) is 24.3 Å². The summed E-state index contributed by atoms with van der Waals surface area (Å²) in [7, 11) is 4.01. The zero-order valence-corrected chi connectivity index (χ0v) is 9.21. The van der Waals surface area contributed by atoms with Crippen LogP contribution in [0.25, 0.3) is 0 Å². The van der Waals surface area contributed by atoms with E-state index in [9.17, 15) is 0 Å². The topological polar surface area (TPSA) is 12.5 Å². The molecule has 14 heavy (non-hydrogen) atoms. The number of anilines is 1. The summed E-state index contributed by atoms with van der Waals surface area (Å²) in [6.45, 7) is 0. The summed E-state index contributed by atoms with van der Waals surface area (Å²) >= 11 is 6.03. The van der Waals surface area contributed by atoms with Crippen LogP contribution in [-0.2, 0) is 0 Å². The average molecular weight is 212 g/mol. The molecule has 1 aliphatic rings. The van der Waals surface area contributed by atoms with E-state index >= 15 is 0 Å². The molecule has 0 aromatic heterocycles. The lowest BCUT2D eigenvalue weighted by atomic mass is 10.3. The summed E-state index contributed by atoms with van der Waals surface area (Å²) in [6, 6.07) is 5.86. The smallest absolute Gasteiger partial charge is 0.140 e. The predicted molar refractivity (Wildman–Crippen MR) is 59.4 cm³/mol. The molecule has 0 aliphatic heterocycles. The van der Waals surface area contributed by atoms with Crippen molar-refractivity contribution in [3.63, 3.8) is 0 Å². The van der Waals surface area contributed by atoms with Gasteiger partial charge in [-0.05, 0) is 25.0 Å². The van der Waals surface area contributed by atoms with Crippen LogP contribution in [0, 0.1) is 0 Å². The summed E-state index contributed by atoms with van der Waals surface area (Å²) in [5, 5.41) is 0.697. The van der Waals surface area contributed by atoms with Gasteiger partial charge in [-0.15, -0.1) is 0 Å². The molecule has 2 rings (SSSR count). The van der Waals surface area contributed by atoms with Crippen molar-refractivity contribution in [2.24, 2.45) is 0 Å². The highest BCUT2D eigenvalue weighted by molar-refractivity contribution is 6.32. The molecule has 0 amide bonds. The molecule has 76 valence electrons. The van der Waals surface area contributed by atoms with E-state index in [2.05, 4.69) is 0 Å². The fraction of sp³-hybridized carbons (Fsp3) is 0.455. The largest absolute Gasteiger partial charge is 0.489 e. The highest BCUT2D eigenvalue weighted by atomic mass is 35.5. The van der Waals surface area contributed by atoms with E-state index < -0.39 is 0 Å². The zero-order valence-electron chi connectivity index (χ0n) is 8.46. The third-order valence-corrected chi connectivity index (χ3v) is 2.56. The molecule has 0 saturated heterocycles. The molecule has 0 atom stereocenters. The van der Waals surface area contributed by atoms with Crippen LogP contribution in [0.1, 0.15) is 12.8 Å². The molecule has 0 spiro atoms. The summed E-state index contributed by atoms with van der Waals surface area (Å²) < 4.78 is 5.69. The van der Waals surface area contributed by atoms with Crippen LogP contribution in [0.3, 0.4) is 0 Å². The summed E-state index contributed by atoms with van der Waals surface area (Å²) in [6.07, 6.45) is 2.70. The van der Waals surface area contributed by atoms with Gasteiger partial charge in [0, 0.05) is 25.8 Å². The Kier molecular flexibility index (Phi) is 2.55. The van der Waals surface area contributed by atoms with E-state index in [1.54, 1.807) is 0 Å². The molecule has 0 bridgehead atoms. The average Bonchev–Trinajstić information content (AvgIpc) is 2.92. The second-order valence-electron chi connectivity index (χ2n) is 3.83. The number of halogens is 1. The number of rotatable bonds is 3. The first kappa shape index (κ1) is 9.66. The molecule has 0 radical (unpaired) electrons. The molecule has 3 heteroatoms. The Balaban J connectivity index is 2.21. The minimum Gasteiger partial charge on any atom is -0.489 e. The van der Waals surface area contributed by atoms with Crippen LogP contribution in [0.2, 0.25) is 5.02 Å². The minimum atomic E-state index is 0.393. The Morgan fingerprint density at radius 3 is 2.64 bits per heavy atom. The Labute approximate surface area is 89.4 Å². The monoisotopic (exact) mass is 211 g/mol. The maximum absolute atomic E-state index is 6.03. The number of ether oxygens (including phenoxy) is 1. The fourth-order valence-corrected chi connectivity index (χ4v) is 1.39. The first-order valence-corrected chi connectivity index (χ1v) is 5.18. The number of hydrogen-bond donors (Lipinski definition) is 0. The Hall–Kier alpha value is -0.890. The van der Waals surface area contributed by atoms with Crippen molar-refractivity contribution in [1.29, 1.82) is 0 Å². The van der Waals surface area contributed by atoms with Crippen LogP contribution >= 0.6 is 11.6 Å². The Bertz CT molecular complexity index is 334. The van der Waals surface area contributed by atoms with Crippen LogP contribution in [-0.4, -0.2) is 20.2 Å². The summed E-state index contributed by atoms with van der Waals surface area (Å²) in [5.74, 6) is 0.806. The highest BCUT2D eigenvalue weighted by Crippen LogP contribution is 2.34. The van der Waals surface area contributed by atoms with Crippen molar-refractivity contribution in [2.75, 3.05) is 19.0 Å². The summed E-state index contributed by atoms with van der Waals surface area (Å²) in [4.78, 5) is 2.04. The third-order valence-electron chi connectivity index (χ3n) is 2.25. The van der Waals surface area contributed by atoms with Gasteiger partial charge in [-0.3, -0.25) is 0 Å². The van der Waals surface area contributed by atoms with Crippen LogP contribution in [0.5, 0.6) is 5.75 Å². The van der Waals surface area contributed by atoms with Crippen molar-refractivity contribution in [3.8, 4) is 5.75 Å². The van der Waals surface area contributed by atoms with Gasteiger partial charge in [0.05, 0.1) is 11.1 Å². The van der Waals surface area contributed by atoms with Crippen LogP contribution in [0.4, 0.5) is 5.69 Å². The van der Waals surface area contributed by atoms with E-state index in [1.807, 2.05) is 37.2 Å².